The van der Waals surface area contributed by atoms with Crippen LogP contribution < -0.4 is 5.32 Å². The molecule has 1 heterocycles. The Balaban J connectivity index is 1.86. The topological polar surface area (TPSA) is 47.0 Å². The third kappa shape index (κ3) is 4.88. The van der Waals surface area contributed by atoms with Crippen molar-refractivity contribution in [3.63, 3.8) is 0 Å². The van der Waals surface area contributed by atoms with Crippen molar-refractivity contribution >= 4 is 11.8 Å². The van der Waals surface area contributed by atoms with Gasteiger partial charge in [-0.15, -0.1) is 0 Å². The van der Waals surface area contributed by atoms with E-state index in [9.17, 15) is 4.39 Å². The highest BCUT2D eigenvalue weighted by Gasteiger charge is 2.01. The van der Waals surface area contributed by atoms with Crippen molar-refractivity contribution in [1.82, 2.24) is 15.3 Å². The van der Waals surface area contributed by atoms with E-state index in [0.717, 1.165) is 17.0 Å². The van der Waals surface area contributed by atoms with Gasteiger partial charge in [0.2, 0.25) is 0 Å². The summed E-state index contributed by atoms with van der Waals surface area (Å²) in [6, 6.07) is 6.28. The van der Waals surface area contributed by atoms with Crippen LogP contribution in [0.15, 0.2) is 46.7 Å². The number of rotatable bonds is 7. The average molecular weight is 293 g/mol. The predicted molar refractivity (Wildman–Crippen MR) is 76.1 cm³/mol. The molecule has 1 N–H and O–H groups in total. The summed E-state index contributed by atoms with van der Waals surface area (Å²) in [5.41, 5.74) is 1.02. The van der Waals surface area contributed by atoms with E-state index in [4.69, 9.17) is 4.74 Å². The normalized spacial score (nSPS) is 10.7. The average Bonchev–Trinajstić information content (AvgIpc) is 2.48. The first kappa shape index (κ1) is 14.9. The molecule has 0 amide bonds. The number of halogens is 1. The highest BCUT2D eigenvalue weighted by molar-refractivity contribution is 7.99. The molecule has 106 valence electrons. The molecule has 0 saturated carbocycles. The van der Waals surface area contributed by atoms with Gasteiger partial charge in [0.15, 0.2) is 5.16 Å². The number of benzene rings is 1. The molecule has 0 saturated heterocycles. The highest BCUT2D eigenvalue weighted by atomic mass is 32.2. The van der Waals surface area contributed by atoms with E-state index >= 15 is 0 Å². The van der Waals surface area contributed by atoms with Gasteiger partial charge in [-0.05, 0) is 36.0 Å². The van der Waals surface area contributed by atoms with Crippen LogP contribution in [0.3, 0.4) is 0 Å². The minimum Gasteiger partial charge on any atom is -0.383 e. The largest absolute Gasteiger partial charge is 0.383 e. The maximum Gasteiger partial charge on any atom is 0.192 e. The molecule has 2 aromatic rings. The first-order valence-corrected chi connectivity index (χ1v) is 7.03. The Hall–Kier alpha value is -1.50. The maximum absolute atomic E-state index is 12.8. The SMILES string of the molecule is COCCNCc1cnc(Sc2ccc(F)cc2)nc1. The molecule has 0 bridgehead atoms. The van der Waals surface area contributed by atoms with E-state index in [1.807, 2.05) is 0 Å². The van der Waals surface area contributed by atoms with Gasteiger partial charge in [0, 0.05) is 43.1 Å². The lowest BCUT2D eigenvalue weighted by Crippen LogP contribution is -2.18. The Kier molecular flexibility index (Phi) is 5.91. The van der Waals surface area contributed by atoms with Gasteiger partial charge in [0.25, 0.3) is 0 Å². The molecular formula is C14H16FN3OS. The van der Waals surface area contributed by atoms with Gasteiger partial charge in [-0.2, -0.15) is 0 Å². The van der Waals surface area contributed by atoms with Crippen LogP contribution in [0.25, 0.3) is 0 Å². The zero-order valence-corrected chi connectivity index (χ0v) is 12.0. The van der Waals surface area contributed by atoms with Crippen LogP contribution in [0.2, 0.25) is 0 Å². The first-order chi connectivity index (χ1) is 9.78. The lowest BCUT2D eigenvalue weighted by atomic mass is 10.3. The molecule has 4 nitrogen and oxygen atoms in total. The molecule has 0 atom stereocenters. The van der Waals surface area contributed by atoms with Crippen LogP contribution in [0.5, 0.6) is 0 Å². The van der Waals surface area contributed by atoms with Crippen molar-refractivity contribution < 1.29 is 9.13 Å². The summed E-state index contributed by atoms with van der Waals surface area (Å²) in [4.78, 5) is 9.48. The minimum absolute atomic E-state index is 0.243. The van der Waals surface area contributed by atoms with E-state index in [-0.39, 0.29) is 5.82 Å². The molecule has 6 heteroatoms. The highest BCUT2D eigenvalue weighted by Crippen LogP contribution is 2.24. The fourth-order valence-corrected chi connectivity index (χ4v) is 2.20. The van der Waals surface area contributed by atoms with Crippen LogP contribution in [0.4, 0.5) is 4.39 Å². The summed E-state index contributed by atoms with van der Waals surface area (Å²) in [5, 5.41) is 3.87. The van der Waals surface area contributed by atoms with Crippen molar-refractivity contribution in [1.29, 1.82) is 0 Å². The first-order valence-electron chi connectivity index (χ1n) is 6.22. The number of hydrogen-bond acceptors (Lipinski definition) is 5. The number of ether oxygens (including phenoxy) is 1. The Morgan fingerprint density at radius 3 is 2.55 bits per heavy atom. The van der Waals surface area contributed by atoms with E-state index in [1.54, 1.807) is 31.6 Å². The number of aromatic nitrogens is 2. The van der Waals surface area contributed by atoms with Crippen molar-refractivity contribution in [3.8, 4) is 0 Å². The van der Waals surface area contributed by atoms with Crippen molar-refractivity contribution in [3.05, 3.63) is 48.0 Å². The fraction of sp³-hybridized carbons (Fsp3) is 0.286. The van der Waals surface area contributed by atoms with Crippen LogP contribution in [0, 0.1) is 5.82 Å². The molecule has 2 rings (SSSR count). The Morgan fingerprint density at radius 1 is 1.20 bits per heavy atom. The van der Waals surface area contributed by atoms with Gasteiger partial charge < -0.3 is 10.1 Å². The molecule has 20 heavy (non-hydrogen) atoms. The van der Waals surface area contributed by atoms with E-state index < -0.39 is 0 Å². The van der Waals surface area contributed by atoms with Crippen LogP contribution in [0.1, 0.15) is 5.56 Å². The van der Waals surface area contributed by atoms with Crippen LogP contribution in [-0.4, -0.2) is 30.2 Å². The molecule has 1 aromatic heterocycles. The molecule has 0 fully saturated rings. The summed E-state index contributed by atoms with van der Waals surface area (Å²) in [5.74, 6) is -0.243. The number of methoxy groups -OCH3 is 1. The number of nitrogens with zero attached hydrogens (tertiary/aromatic N) is 2. The second-order valence-corrected chi connectivity index (χ2v) is 5.14. The molecular weight excluding hydrogens is 277 g/mol. The van der Waals surface area contributed by atoms with Gasteiger partial charge >= 0.3 is 0 Å². The lowest BCUT2D eigenvalue weighted by molar-refractivity contribution is 0.199. The van der Waals surface area contributed by atoms with Gasteiger partial charge in [0.1, 0.15) is 5.82 Å². The lowest BCUT2D eigenvalue weighted by Gasteiger charge is -2.04. The van der Waals surface area contributed by atoms with Gasteiger partial charge in [-0.3, -0.25) is 0 Å². The van der Waals surface area contributed by atoms with E-state index in [2.05, 4.69) is 15.3 Å². The maximum atomic E-state index is 12.8. The smallest absolute Gasteiger partial charge is 0.192 e. The van der Waals surface area contributed by atoms with E-state index in [1.165, 1.54) is 23.9 Å². The van der Waals surface area contributed by atoms with Crippen LogP contribution in [-0.2, 0) is 11.3 Å². The molecule has 0 aliphatic heterocycles. The van der Waals surface area contributed by atoms with Crippen molar-refractivity contribution in [2.75, 3.05) is 20.3 Å². The molecule has 0 aliphatic rings. The Labute approximate surface area is 121 Å². The molecule has 0 aliphatic carbocycles. The monoisotopic (exact) mass is 293 g/mol. The Bertz CT molecular complexity index is 519. The predicted octanol–water partition coefficient (Wildman–Crippen LogP) is 2.50. The fourth-order valence-electron chi connectivity index (χ4n) is 1.50. The summed E-state index contributed by atoms with van der Waals surface area (Å²) in [6.07, 6.45) is 3.58. The molecule has 0 spiro atoms. The summed E-state index contributed by atoms with van der Waals surface area (Å²) in [6.45, 7) is 2.19. The van der Waals surface area contributed by atoms with Gasteiger partial charge in [-0.25, -0.2) is 14.4 Å². The van der Waals surface area contributed by atoms with Crippen molar-refractivity contribution in [2.45, 2.75) is 16.6 Å². The third-order valence-electron chi connectivity index (χ3n) is 2.52. The second kappa shape index (κ2) is 7.94. The van der Waals surface area contributed by atoms with Gasteiger partial charge in [-0.1, -0.05) is 0 Å². The minimum atomic E-state index is -0.243. The zero-order valence-electron chi connectivity index (χ0n) is 11.2. The standard InChI is InChI=1S/C14H16FN3OS/c1-19-7-6-16-8-11-9-17-14(18-10-11)20-13-4-2-12(15)3-5-13/h2-5,9-10,16H,6-8H2,1H3. The third-order valence-corrected chi connectivity index (χ3v) is 3.42. The Morgan fingerprint density at radius 2 is 1.90 bits per heavy atom. The van der Waals surface area contributed by atoms with E-state index in [0.29, 0.717) is 18.3 Å². The number of hydrogen-bond donors (Lipinski definition) is 1. The number of nitrogens with one attached hydrogen (secondary N) is 1. The molecule has 0 radical (unpaired) electrons. The van der Waals surface area contributed by atoms with Crippen LogP contribution >= 0.6 is 11.8 Å². The molecule has 1 aromatic carbocycles. The second-order valence-electron chi connectivity index (χ2n) is 4.10. The van der Waals surface area contributed by atoms with Gasteiger partial charge in [0.05, 0.1) is 6.61 Å². The molecule has 0 unspecified atom stereocenters. The quantitative estimate of drug-likeness (QED) is 0.628. The van der Waals surface area contributed by atoms with Crippen molar-refractivity contribution in [2.24, 2.45) is 0 Å². The summed E-state index contributed by atoms with van der Waals surface area (Å²) >= 11 is 1.41. The zero-order chi connectivity index (χ0) is 14.2. The summed E-state index contributed by atoms with van der Waals surface area (Å²) < 4.78 is 17.7. The summed E-state index contributed by atoms with van der Waals surface area (Å²) in [7, 11) is 1.67.